The second kappa shape index (κ2) is 5.35. The summed E-state index contributed by atoms with van der Waals surface area (Å²) in [5.41, 5.74) is 0. The van der Waals surface area contributed by atoms with E-state index in [1.807, 2.05) is 6.92 Å². The molecule has 0 aliphatic carbocycles. The predicted molar refractivity (Wildman–Crippen MR) is 55.9 cm³/mol. The first-order valence-electron chi connectivity index (χ1n) is 5.52. The summed E-state index contributed by atoms with van der Waals surface area (Å²) in [6, 6.07) is 0. The van der Waals surface area contributed by atoms with Gasteiger partial charge in [0.25, 0.3) is 0 Å². The molecule has 0 radical (unpaired) electrons. The van der Waals surface area contributed by atoms with Gasteiger partial charge in [0.2, 0.25) is 0 Å². The van der Waals surface area contributed by atoms with Crippen molar-refractivity contribution >= 4 is 5.97 Å². The molecule has 0 aromatic carbocycles. The molecule has 0 aromatic rings. The van der Waals surface area contributed by atoms with Crippen LogP contribution in [0.5, 0.6) is 0 Å². The van der Waals surface area contributed by atoms with E-state index >= 15 is 0 Å². The average Bonchev–Trinajstić information content (AvgIpc) is 2.51. The Bertz CT molecular complexity index is 192. The maximum absolute atomic E-state index is 11.6. The van der Waals surface area contributed by atoms with Gasteiger partial charge >= 0.3 is 5.97 Å². The Balaban J connectivity index is 2.46. The van der Waals surface area contributed by atoms with Crippen LogP contribution in [0.3, 0.4) is 0 Å². The summed E-state index contributed by atoms with van der Waals surface area (Å²) in [4.78, 5) is 11.6. The minimum absolute atomic E-state index is 0.0249. The smallest absolute Gasteiger partial charge is 0.310 e. The molecule has 3 heteroatoms. The first kappa shape index (κ1) is 11.5. The Kier molecular flexibility index (Phi) is 4.39. The summed E-state index contributed by atoms with van der Waals surface area (Å²) in [5.74, 6) is 1.17. The van der Waals surface area contributed by atoms with Crippen LogP contribution in [0, 0.1) is 17.8 Å². The van der Waals surface area contributed by atoms with E-state index in [1.165, 1.54) is 0 Å². The van der Waals surface area contributed by atoms with E-state index in [-0.39, 0.29) is 11.9 Å². The maximum Gasteiger partial charge on any atom is 0.310 e. The zero-order valence-electron chi connectivity index (χ0n) is 9.38. The lowest BCUT2D eigenvalue weighted by Crippen LogP contribution is -2.25. The molecule has 0 spiro atoms. The Labute approximate surface area is 86.2 Å². The second-order valence-corrected chi connectivity index (χ2v) is 4.41. The number of esters is 1. The van der Waals surface area contributed by atoms with Crippen molar-refractivity contribution in [2.75, 3.05) is 19.7 Å². The molecular formula is C11H21NO2. The average molecular weight is 199 g/mol. The Hall–Kier alpha value is -0.570. The first-order valence-corrected chi connectivity index (χ1v) is 5.52. The number of ether oxygens (including phenoxy) is 1. The van der Waals surface area contributed by atoms with Gasteiger partial charge in [0, 0.05) is 6.54 Å². The predicted octanol–water partition coefficient (Wildman–Crippen LogP) is 1.43. The second-order valence-electron chi connectivity index (χ2n) is 4.41. The standard InChI is InChI=1S/C11H21NO2/c1-4-14-11(13)10-7-12-6-9(10)5-8(2)3/h8-10,12H,4-7H2,1-3H3/t9-,10-/m1/s1. The van der Waals surface area contributed by atoms with Crippen LogP contribution in [0.4, 0.5) is 0 Å². The summed E-state index contributed by atoms with van der Waals surface area (Å²) in [7, 11) is 0. The topological polar surface area (TPSA) is 38.3 Å². The molecule has 1 N–H and O–H groups in total. The van der Waals surface area contributed by atoms with Crippen molar-refractivity contribution in [3.8, 4) is 0 Å². The van der Waals surface area contributed by atoms with Gasteiger partial charge in [-0.2, -0.15) is 0 Å². The highest BCUT2D eigenvalue weighted by Crippen LogP contribution is 2.24. The van der Waals surface area contributed by atoms with Crippen molar-refractivity contribution in [2.45, 2.75) is 27.2 Å². The molecule has 1 aliphatic rings. The fourth-order valence-electron chi connectivity index (χ4n) is 2.11. The molecule has 0 saturated carbocycles. The summed E-state index contributed by atoms with van der Waals surface area (Å²) < 4.78 is 5.06. The van der Waals surface area contributed by atoms with E-state index in [9.17, 15) is 4.79 Å². The third-order valence-corrected chi connectivity index (χ3v) is 2.70. The Morgan fingerprint density at radius 1 is 1.50 bits per heavy atom. The largest absolute Gasteiger partial charge is 0.466 e. The number of hydrogen-bond donors (Lipinski definition) is 1. The zero-order chi connectivity index (χ0) is 10.6. The van der Waals surface area contributed by atoms with Gasteiger partial charge in [0.1, 0.15) is 0 Å². The molecule has 1 fully saturated rings. The van der Waals surface area contributed by atoms with Gasteiger partial charge in [-0.15, -0.1) is 0 Å². The lowest BCUT2D eigenvalue weighted by Gasteiger charge is -2.18. The van der Waals surface area contributed by atoms with Crippen molar-refractivity contribution < 1.29 is 9.53 Å². The van der Waals surface area contributed by atoms with Crippen molar-refractivity contribution in [1.82, 2.24) is 5.32 Å². The van der Waals surface area contributed by atoms with E-state index in [4.69, 9.17) is 4.74 Å². The number of carbonyl (C=O) groups excluding carboxylic acids is 1. The van der Waals surface area contributed by atoms with E-state index in [1.54, 1.807) is 0 Å². The molecule has 0 amide bonds. The summed E-state index contributed by atoms with van der Waals surface area (Å²) in [6.45, 7) is 8.49. The first-order chi connectivity index (χ1) is 6.65. The highest BCUT2D eigenvalue weighted by molar-refractivity contribution is 5.73. The van der Waals surface area contributed by atoms with Gasteiger partial charge < -0.3 is 10.1 Å². The highest BCUT2D eigenvalue weighted by atomic mass is 16.5. The third-order valence-electron chi connectivity index (χ3n) is 2.70. The summed E-state index contributed by atoms with van der Waals surface area (Å²) >= 11 is 0. The van der Waals surface area contributed by atoms with Crippen LogP contribution in [0.2, 0.25) is 0 Å². The van der Waals surface area contributed by atoms with Gasteiger partial charge in [-0.25, -0.2) is 0 Å². The molecule has 2 atom stereocenters. The number of carbonyl (C=O) groups is 1. The van der Waals surface area contributed by atoms with Crippen LogP contribution < -0.4 is 5.32 Å². The third kappa shape index (κ3) is 2.98. The maximum atomic E-state index is 11.6. The van der Waals surface area contributed by atoms with Crippen molar-refractivity contribution in [2.24, 2.45) is 17.8 Å². The van der Waals surface area contributed by atoms with E-state index < -0.39 is 0 Å². The highest BCUT2D eigenvalue weighted by Gasteiger charge is 2.33. The van der Waals surface area contributed by atoms with Gasteiger partial charge in [-0.05, 0) is 31.7 Å². The van der Waals surface area contributed by atoms with Crippen LogP contribution in [0.25, 0.3) is 0 Å². The Morgan fingerprint density at radius 2 is 2.21 bits per heavy atom. The SMILES string of the molecule is CCOC(=O)[C@@H]1CNC[C@H]1CC(C)C. The van der Waals surface area contributed by atoms with Crippen LogP contribution in [-0.2, 0) is 9.53 Å². The number of nitrogens with one attached hydrogen (secondary N) is 1. The molecule has 1 rings (SSSR count). The lowest BCUT2D eigenvalue weighted by molar-refractivity contribution is -0.148. The monoisotopic (exact) mass is 199 g/mol. The van der Waals surface area contributed by atoms with Crippen LogP contribution in [0.1, 0.15) is 27.2 Å². The molecular weight excluding hydrogens is 178 g/mol. The molecule has 1 heterocycles. The van der Waals surface area contributed by atoms with Gasteiger partial charge in [0.05, 0.1) is 12.5 Å². The summed E-state index contributed by atoms with van der Waals surface area (Å²) in [6.07, 6.45) is 1.11. The van der Waals surface area contributed by atoms with E-state index in [2.05, 4.69) is 19.2 Å². The number of rotatable bonds is 4. The fourth-order valence-corrected chi connectivity index (χ4v) is 2.11. The molecule has 3 nitrogen and oxygen atoms in total. The lowest BCUT2D eigenvalue weighted by atomic mass is 9.88. The van der Waals surface area contributed by atoms with Crippen LogP contribution >= 0.6 is 0 Å². The minimum atomic E-state index is -0.0249. The molecule has 14 heavy (non-hydrogen) atoms. The Morgan fingerprint density at radius 3 is 2.79 bits per heavy atom. The minimum Gasteiger partial charge on any atom is -0.466 e. The van der Waals surface area contributed by atoms with E-state index in [0.717, 1.165) is 19.5 Å². The molecule has 1 saturated heterocycles. The van der Waals surface area contributed by atoms with Gasteiger partial charge in [-0.1, -0.05) is 13.8 Å². The van der Waals surface area contributed by atoms with Crippen LogP contribution in [-0.4, -0.2) is 25.7 Å². The molecule has 0 unspecified atom stereocenters. The van der Waals surface area contributed by atoms with Crippen LogP contribution in [0.15, 0.2) is 0 Å². The number of hydrogen-bond acceptors (Lipinski definition) is 3. The molecule has 82 valence electrons. The zero-order valence-corrected chi connectivity index (χ0v) is 9.38. The molecule has 1 aliphatic heterocycles. The quantitative estimate of drug-likeness (QED) is 0.696. The molecule has 0 aromatic heterocycles. The van der Waals surface area contributed by atoms with E-state index in [0.29, 0.717) is 18.4 Å². The van der Waals surface area contributed by atoms with Crippen molar-refractivity contribution in [1.29, 1.82) is 0 Å². The summed E-state index contributed by atoms with van der Waals surface area (Å²) in [5, 5.41) is 3.27. The van der Waals surface area contributed by atoms with Gasteiger partial charge in [0.15, 0.2) is 0 Å². The molecule has 0 bridgehead atoms. The van der Waals surface area contributed by atoms with Gasteiger partial charge in [-0.3, -0.25) is 4.79 Å². The fraction of sp³-hybridized carbons (Fsp3) is 0.909. The normalized spacial score (nSPS) is 26.9. The van der Waals surface area contributed by atoms with Crippen molar-refractivity contribution in [3.63, 3.8) is 0 Å². The van der Waals surface area contributed by atoms with Crippen molar-refractivity contribution in [3.05, 3.63) is 0 Å².